The lowest BCUT2D eigenvalue weighted by molar-refractivity contribution is -0.137. The lowest BCUT2D eigenvalue weighted by Crippen LogP contribution is -2.20. The summed E-state index contributed by atoms with van der Waals surface area (Å²) in [6.07, 6.45) is 1.39. The van der Waals surface area contributed by atoms with Gasteiger partial charge in [-0.25, -0.2) is 4.79 Å². The van der Waals surface area contributed by atoms with Crippen molar-refractivity contribution in [3.63, 3.8) is 0 Å². The molecule has 30 heavy (non-hydrogen) atoms. The molecule has 0 aromatic heterocycles. The number of methoxy groups -OCH3 is 2. The molecular formula is C22H22N2O6. The van der Waals surface area contributed by atoms with Gasteiger partial charge in [0.2, 0.25) is 0 Å². The van der Waals surface area contributed by atoms with Crippen LogP contribution in [0.15, 0.2) is 48.0 Å². The SMILES string of the molecule is CCOC(=O)/C(C#N)=C\c1ccc(OCC(=O)Nc2ccccc2OC)c(OC)c1. The first kappa shape index (κ1) is 22.3. The Morgan fingerprint density at radius 1 is 1.07 bits per heavy atom. The van der Waals surface area contributed by atoms with E-state index in [2.05, 4.69) is 5.32 Å². The van der Waals surface area contributed by atoms with Crippen molar-refractivity contribution < 1.29 is 28.5 Å². The average molecular weight is 410 g/mol. The highest BCUT2D eigenvalue weighted by Gasteiger charge is 2.13. The van der Waals surface area contributed by atoms with Crippen LogP contribution in [0.4, 0.5) is 5.69 Å². The zero-order chi connectivity index (χ0) is 21.9. The number of nitrogens with zero attached hydrogens (tertiary/aromatic N) is 1. The van der Waals surface area contributed by atoms with Gasteiger partial charge < -0.3 is 24.3 Å². The molecule has 2 rings (SSSR count). The first-order chi connectivity index (χ1) is 14.5. The van der Waals surface area contributed by atoms with E-state index in [0.29, 0.717) is 28.5 Å². The first-order valence-corrected chi connectivity index (χ1v) is 9.05. The first-order valence-electron chi connectivity index (χ1n) is 9.05. The normalized spacial score (nSPS) is 10.5. The van der Waals surface area contributed by atoms with Gasteiger partial charge in [-0.2, -0.15) is 5.26 Å². The van der Waals surface area contributed by atoms with Crippen LogP contribution in [0, 0.1) is 11.3 Å². The van der Waals surface area contributed by atoms with Crippen molar-refractivity contribution in [2.45, 2.75) is 6.92 Å². The minimum Gasteiger partial charge on any atom is -0.495 e. The van der Waals surface area contributed by atoms with E-state index in [0.717, 1.165) is 0 Å². The predicted molar refractivity (Wildman–Crippen MR) is 110 cm³/mol. The van der Waals surface area contributed by atoms with Gasteiger partial charge in [0.25, 0.3) is 5.91 Å². The van der Waals surface area contributed by atoms with Gasteiger partial charge in [0.05, 0.1) is 26.5 Å². The van der Waals surface area contributed by atoms with Crippen LogP contribution in [0.5, 0.6) is 17.2 Å². The molecule has 0 heterocycles. The fourth-order valence-electron chi connectivity index (χ4n) is 2.48. The summed E-state index contributed by atoms with van der Waals surface area (Å²) in [4.78, 5) is 24.0. The van der Waals surface area contributed by atoms with E-state index in [4.69, 9.17) is 24.2 Å². The molecule has 8 nitrogen and oxygen atoms in total. The third kappa shape index (κ3) is 6.01. The molecule has 8 heteroatoms. The lowest BCUT2D eigenvalue weighted by atomic mass is 10.1. The van der Waals surface area contributed by atoms with Crippen LogP contribution in [0.3, 0.4) is 0 Å². The highest BCUT2D eigenvalue weighted by molar-refractivity contribution is 5.98. The molecule has 0 atom stereocenters. The Kier molecular flexibility index (Phi) is 8.27. The van der Waals surface area contributed by atoms with Crippen molar-refractivity contribution in [2.24, 2.45) is 0 Å². The van der Waals surface area contributed by atoms with Crippen LogP contribution < -0.4 is 19.5 Å². The van der Waals surface area contributed by atoms with E-state index in [9.17, 15) is 9.59 Å². The molecular weight excluding hydrogens is 388 g/mol. The average Bonchev–Trinajstić information content (AvgIpc) is 2.76. The number of esters is 1. The lowest BCUT2D eigenvalue weighted by Gasteiger charge is -2.13. The molecule has 0 unspecified atom stereocenters. The van der Waals surface area contributed by atoms with Crippen molar-refractivity contribution in [2.75, 3.05) is 32.8 Å². The second kappa shape index (κ2) is 11.1. The quantitative estimate of drug-likeness (QED) is 0.384. The molecule has 0 aliphatic carbocycles. The van der Waals surface area contributed by atoms with Crippen molar-refractivity contribution in [3.8, 4) is 23.3 Å². The Hall–Kier alpha value is -3.99. The Balaban J connectivity index is 2.09. The largest absolute Gasteiger partial charge is 0.495 e. The Labute approximate surface area is 174 Å². The Morgan fingerprint density at radius 3 is 2.47 bits per heavy atom. The monoisotopic (exact) mass is 410 g/mol. The molecule has 1 amide bonds. The number of rotatable bonds is 9. The number of nitrogens with one attached hydrogen (secondary N) is 1. The van der Waals surface area contributed by atoms with E-state index in [-0.39, 0.29) is 24.7 Å². The summed E-state index contributed by atoms with van der Waals surface area (Å²) in [6.45, 7) is 1.58. The minimum absolute atomic E-state index is 0.135. The molecule has 2 aromatic carbocycles. The molecule has 0 aliphatic heterocycles. The molecule has 0 saturated heterocycles. The third-order valence-electron chi connectivity index (χ3n) is 3.85. The minimum atomic E-state index is -0.702. The Bertz CT molecular complexity index is 978. The molecule has 0 aliphatic rings. The maximum absolute atomic E-state index is 12.2. The molecule has 0 radical (unpaired) electrons. The fourth-order valence-corrected chi connectivity index (χ4v) is 2.48. The van der Waals surface area contributed by atoms with Crippen LogP contribution >= 0.6 is 0 Å². The number of ether oxygens (including phenoxy) is 4. The van der Waals surface area contributed by atoms with Gasteiger partial charge in [-0.15, -0.1) is 0 Å². The third-order valence-corrected chi connectivity index (χ3v) is 3.85. The number of anilines is 1. The Morgan fingerprint density at radius 2 is 1.80 bits per heavy atom. The van der Waals surface area contributed by atoms with Crippen LogP contribution in [0.2, 0.25) is 0 Å². The number of hydrogen-bond donors (Lipinski definition) is 1. The molecule has 2 aromatic rings. The zero-order valence-electron chi connectivity index (χ0n) is 16.9. The number of carbonyl (C=O) groups excluding carboxylic acids is 2. The summed E-state index contributed by atoms with van der Waals surface area (Å²) in [5.41, 5.74) is 0.940. The maximum atomic E-state index is 12.2. The molecule has 0 saturated carbocycles. The molecule has 1 N–H and O–H groups in total. The second-order valence-corrected chi connectivity index (χ2v) is 5.84. The van der Waals surface area contributed by atoms with Gasteiger partial charge in [0, 0.05) is 0 Å². The smallest absolute Gasteiger partial charge is 0.348 e. The summed E-state index contributed by atoms with van der Waals surface area (Å²) >= 11 is 0. The van der Waals surface area contributed by atoms with Gasteiger partial charge in [-0.1, -0.05) is 18.2 Å². The molecule has 0 fully saturated rings. The van der Waals surface area contributed by atoms with Crippen LogP contribution in [-0.4, -0.2) is 39.3 Å². The van der Waals surface area contributed by atoms with E-state index < -0.39 is 5.97 Å². The van der Waals surface area contributed by atoms with Gasteiger partial charge >= 0.3 is 5.97 Å². The van der Waals surface area contributed by atoms with E-state index >= 15 is 0 Å². The van der Waals surface area contributed by atoms with E-state index in [1.165, 1.54) is 20.3 Å². The van der Waals surface area contributed by atoms with Crippen molar-refractivity contribution in [1.29, 1.82) is 5.26 Å². The van der Waals surface area contributed by atoms with E-state index in [1.807, 2.05) is 6.07 Å². The number of amides is 1. The standard InChI is InChI=1S/C22H22N2O6/c1-4-29-22(26)16(13-23)11-15-9-10-19(20(12-15)28-3)30-14-21(25)24-17-7-5-6-8-18(17)27-2/h5-12H,4,14H2,1-3H3,(H,24,25)/b16-11-. The summed E-state index contributed by atoms with van der Waals surface area (Å²) in [6, 6.07) is 13.6. The summed E-state index contributed by atoms with van der Waals surface area (Å²) in [5.74, 6) is 0.135. The van der Waals surface area contributed by atoms with Crippen LogP contribution in [0.1, 0.15) is 12.5 Å². The van der Waals surface area contributed by atoms with Gasteiger partial charge in [-0.05, 0) is 42.8 Å². The summed E-state index contributed by atoms with van der Waals surface area (Å²) in [5, 5.41) is 11.9. The number of nitriles is 1. The number of benzene rings is 2. The highest BCUT2D eigenvalue weighted by Crippen LogP contribution is 2.29. The summed E-state index contributed by atoms with van der Waals surface area (Å²) in [7, 11) is 2.96. The van der Waals surface area contributed by atoms with Crippen molar-refractivity contribution in [3.05, 3.63) is 53.6 Å². The fraction of sp³-hybridized carbons (Fsp3) is 0.227. The van der Waals surface area contributed by atoms with Gasteiger partial charge in [-0.3, -0.25) is 4.79 Å². The number of hydrogen-bond acceptors (Lipinski definition) is 7. The van der Waals surface area contributed by atoms with Crippen molar-refractivity contribution >= 4 is 23.6 Å². The maximum Gasteiger partial charge on any atom is 0.348 e. The van der Waals surface area contributed by atoms with Crippen LogP contribution in [-0.2, 0) is 14.3 Å². The zero-order valence-corrected chi connectivity index (χ0v) is 16.9. The molecule has 156 valence electrons. The predicted octanol–water partition coefficient (Wildman–Crippen LogP) is 3.19. The highest BCUT2D eigenvalue weighted by atomic mass is 16.5. The van der Waals surface area contributed by atoms with E-state index in [1.54, 1.807) is 49.4 Å². The topological polar surface area (TPSA) is 107 Å². The van der Waals surface area contributed by atoms with Crippen molar-refractivity contribution in [1.82, 2.24) is 0 Å². The van der Waals surface area contributed by atoms with Gasteiger partial charge in [0.15, 0.2) is 18.1 Å². The summed E-state index contributed by atoms with van der Waals surface area (Å²) < 4.78 is 20.9. The molecule has 0 spiro atoms. The van der Waals surface area contributed by atoms with Crippen LogP contribution in [0.25, 0.3) is 6.08 Å². The second-order valence-electron chi connectivity index (χ2n) is 5.84. The number of para-hydroxylation sites is 2. The molecule has 0 bridgehead atoms. The number of carbonyl (C=O) groups is 2. The van der Waals surface area contributed by atoms with Gasteiger partial charge in [0.1, 0.15) is 17.4 Å².